The second-order valence-corrected chi connectivity index (χ2v) is 5.63. The van der Waals surface area contributed by atoms with Gasteiger partial charge in [-0.3, -0.25) is 0 Å². The number of hydrogen-bond donors (Lipinski definition) is 3. The molecule has 22 heavy (non-hydrogen) atoms. The van der Waals surface area contributed by atoms with E-state index in [4.69, 9.17) is 0 Å². The molecule has 0 aromatic carbocycles. The number of halogens is 3. The average Bonchev–Trinajstić information content (AvgIpc) is 2.93. The molecule has 2 aromatic rings. The summed E-state index contributed by atoms with van der Waals surface area (Å²) in [6.07, 6.45) is 0.765. The maximum atomic E-state index is 12.8. The topological polar surface area (TPSA) is 86.7 Å². The van der Waals surface area contributed by atoms with Crippen LogP contribution in [0.1, 0.15) is 37.9 Å². The summed E-state index contributed by atoms with van der Waals surface area (Å²) in [5.74, 6) is -1.24. The highest BCUT2D eigenvalue weighted by Gasteiger charge is 2.36. The molecule has 0 spiro atoms. The minimum atomic E-state index is -4.65. The predicted octanol–water partition coefficient (Wildman–Crippen LogP) is 2.48. The number of anilines is 1. The van der Waals surface area contributed by atoms with Gasteiger partial charge in [0.15, 0.2) is 11.5 Å². The number of alkyl halides is 3. The van der Waals surface area contributed by atoms with Gasteiger partial charge in [-0.25, -0.2) is 15.0 Å². The molecule has 9 heteroatoms. The zero-order chi connectivity index (χ0) is 15.8. The molecule has 2 aromatic heterocycles. The fraction of sp³-hybridized carbons (Fsp3) is 0.615. The van der Waals surface area contributed by atoms with Gasteiger partial charge in [0, 0.05) is 6.54 Å². The zero-order valence-electron chi connectivity index (χ0n) is 11.7. The van der Waals surface area contributed by atoms with E-state index in [9.17, 15) is 18.3 Å². The summed E-state index contributed by atoms with van der Waals surface area (Å²) in [6, 6.07) is 0. The van der Waals surface area contributed by atoms with Gasteiger partial charge in [-0.05, 0) is 12.8 Å². The molecule has 0 amide bonds. The molecular weight excluding hydrogens is 299 g/mol. The molecule has 2 heterocycles. The number of hydrogen-bond acceptors (Lipinski definition) is 5. The molecule has 1 aliphatic rings. The molecule has 6 nitrogen and oxygen atoms in total. The van der Waals surface area contributed by atoms with Crippen LogP contribution in [0.2, 0.25) is 0 Å². The van der Waals surface area contributed by atoms with Crippen molar-refractivity contribution >= 4 is 17.0 Å². The van der Waals surface area contributed by atoms with Gasteiger partial charge in [-0.2, -0.15) is 13.2 Å². The van der Waals surface area contributed by atoms with Crippen LogP contribution < -0.4 is 5.32 Å². The van der Waals surface area contributed by atoms with Crippen molar-refractivity contribution in [3.05, 3.63) is 12.2 Å². The molecular formula is C13H16F3N5O. The van der Waals surface area contributed by atoms with Crippen LogP contribution in [0.15, 0.2) is 6.33 Å². The van der Waals surface area contributed by atoms with E-state index < -0.39 is 17.6 Å². The lowest BCUT2D eigenvalue weighted by Crippen LogP contribution is -2.39. The third kappa shape index (κ3) is 2.99. The van der Waals surface area contributed by atoms with Gasteiger partial charge in [0.1, 0.15) is 5.52 Å². The Kier molecular flexibility index (Phi) is 3.67. The van der Waals surface area contributed by atoms with Gasteiger partial charge in [-0.1, -0.05) is 19.3 Å². The fourth-order valence-electron chi connectivity index (χ4n) is 2.72. The SMILES string of the molecule is OC1(CNc2nc(C(F)(F)F)nc3nc[nH]c23)CCCCC1. The van der Waals surface area contributed by atoms with Crippen LogP contribution in [-0.2, 0) is 6.18 Å². The highest BCUT2D eigenvalue weighted by molar-refractivity contribution is 5.82. The van der Waals surface area contributed by atoms with Crippen LogP contribution in [0.4, 0.5) is 19.0 Å². The van der Waals surface area contributed by atoms with Crippen molar-refractivity contribution in [1.82, 2.24) is 19.9 Å². The zero-order valence-corrected chi connectivity index (χ0v) is 11.7. The first-order chi connectivity index (χ1) is 10.4. The minimum absolute atomic E-state index is 0.00817. The number of H-pyrrole nitrogens is 1. The first-order valence-corrected chi connectivity index (χ1v) is 7.12. The second-order valence-electron chi connectivity index (χ2n) is 5.63. The van der Waals surface area contributed by atoms with Crippen molar-refractivity contribution < 1.29 is 18.3 Å². The summed E-state index contributed by atoms with van der Waals surface area (Å²) in [5, 5.41) is 13.3. The molecule has 0 radical (unpaired) electrons. The Morgan fingerprint density at radius 1 is 1.23 bits per heavy atom. The number of nitrogens with zero attached hydrogens (tertiary/aromatic N) is 3. The number of rotatable bonds is 3. The van der Waals surface area contributed by atoms with Crippen LogP contribution in [-0.4, -0.2) is 37.2 Å². The lowest BCUT2D eigenvalue weighted by atomic mass is 9.85. The highest BCUT2D eigenvalue weighted by Crippen LogP contribution is 2.31. The second kappa shape index (κ2) is 5.38. The smallest absolute Gasteiger partial charge is 0.388 e. The van der Waals surface area contributed by atoms with Gasteiger partial charge in [0.25, 0.3) is 0 Å². The summed E-state index contributed by atoms with van der Waals surface area (Å²) in [4.78, 5) is 13.4. The van der Waals surface area contributed by atoms with Gasteiger partial charge in [0.05, 0.1) is 11.9 Å². The van der Waals surface area contributed by atoms with Gasteiger partial charge >= 0.3 is 6.18 Å². The summed E-state index contributed by atoms with van der Waals surface area (Å²) in [5.41, 5.74) is -0.665. The van der Waals surface area contributed by atoms with Crippen molar-refractivity contribution in [2.24, 2.45) is 0 Å². The first-order valence-electron chi connectivity index (χ1n) is 7.12. The van der Waals surface area contributed by atoms with Crippen LogP contribution >= 0.6 is 0 Å². The largest absolute Gasteiger partial charge is 0.451 e. The highest BCUT2D eigenvalue weighted by atomic mass is 19.4. The molecule has 1 aliphatic carbocycles. The standard InChI is InChI=1S/C13H16F3N5O/c14-13(15,16)11-20-9(8-10(21-11)19-7-18-8)17-6-12(22)4-2-1-3-5-12/h7,22H,1-6H2,(H2,17,18,19,20,21). The normalized spacial score (nSPS) is 18.5. The third-order valence-electron chi connectivity index (χ3n) is 3.91. The van der Waals surface area contributed by atoms with Crippen molar-refractivity contribution in [2.75, 3.05) is 11.9 Å². The van der Waals surface area contributed by atoms with E-state index >= 15 is 0 Å². The van der Waals surface area contributed by atoms with E-state index in [1.54, 1.807) is 0 Å². The summed E-state index contributed by atoms with van der Waals surface area (Å²) in [6.45, 7) is 0.148. The minimum Gasteiger partial charge on any atom is -0.388 e. The van der Waals surface area contributed by atoms with Crippen LogP contribution in [0, 0.1) is 0 Å². The number of aliphatic hydroxyl groups is 1. The van der Waals surface area contributed by atoms with Gasteiger partial charge in [0.2, 0.25) is 5.82 Å². The maximum Gasteiger partial charge on any atom is 0.451 e. The van der Waals surface area contributed by atoms with E-state index in [1.807, 2.05) is 0 Å². The number of imidazole rings is 1. The molecule has 0 atom stereocenters. The maximum absolute atomic E-state index is 12.8. The Bertz CT molecular complexity index is 663. The van der Waals surface area contributed by atoms with Gasteiger partial charge < -0.3 is 15.4 Å². The Balaban J connectivity index is 1.87. The van der Waals surface area contributed by atoms with E-state index in [2.05, 4.69) is 25.3 Å². The van der Waals surface area contributed by atoms with Crippen molar-refractivity contribution in [3.63, 3.8) is 0 Å². The molecule has 3 N–H and O–H groups in total. The molecule has 3 rings (SSSR count). The van der Waals surface area contributed by atoms with E-state index in [0.29, 0.717) is 18.4 Å². The summed E-state index contributed by atoms with van der Waals surface area (Å²) < 4.78 is 38.5. The molecule has 0 aliphatic heterocycles. The predicted molar refractivity (Wildman–Crippen MR) is 73.2 cm³/mol. The molecule has 120 valence electrons. The quantitative estimate of drug-likeness (QED) is 0.810. The van der Waals surface area contributed by atoms with Crippen LogP contribution in [0.25, 0.3) is 11.2 Å². The molecule has 1 fully saturated rings. The molecule has 0 bridgehead atoms. The summed E-state index contributed by atoms with van der Waals surface area (Å²) in [7, 11) is 0. The van der Waals surface area contributed by atoms with E-state index in [1.165, 1.54) is 6.33 Å². The Labute approximate surface area is 124 Å². The monoisotopic (exact) mass is 315 g/mol. The number of aromatic nitrogens is 4. The van der Waals surface area contributed by atoms with Crippen molar-refractivity contribution in [1.29, 1.82) is 0 Å². The van der Waals surface area contributed by atoms with Crippen molar-refractivity contribution in [2.45, 2.75) is 43.9 Å². The molecule has 1 saturated carbocycles. The first kappa shape index (κ1) is 15.0. The van der Waals surface area contributed by atoms with E-state index in [0.717, 1.165) is 19.3 Å². The Morgan fingerprint density at radius 2 is 1.95 bits per heavy atom. The van der Waals surface area contributed by atoms with Crippen LogP contribution in [0.3, 0.4) is 0 Å². The lowest BCUT2D eigenvalue weighted by molar-refractivity contribution is -0.144. The summed E-state index contributed by atoms with van der Waals surface area (Å²) >= 11 is 0. The van der Waals surface area contributed by atoms with Crippen molar-refractivity contribution in [3.8, 4) is 0 Å². The third-order valence-corrected chi connectivity index (χ3v) is 3.91. The van der Waals surface area contributed by atoms with Gasteiger partial charge in [-0.15, -0.1) is 0 Å². The van der Waals surface area contributed by atoms with Crippen LogP contribution in [0.5, 0.6) is 0 Å². The fourth-order valence-corrected chi connectivity index (χ4v) is 2.72. The Morgan fingerprint density at radius 3 is 2.64 bits per heavy atom. The Hall–Kier alpha value is -1.90. The lowest BCUT2D eigenvalue weighted by Gasteiger charge is -2.32. The average molecular weight is 315 g/mol. The molecule has 0 saturated heterocycles. The number of aromatic amines is 1. The van der Waals surface area contributed by atoms with E-state index in [-0.39, 0.29) is 18.0 Å². The number of fused-ring (bicyclic) bond motifs is 1. The number of nitrogens with one attached hydrogen (secondary N) is 2. The molecule has 0 unspecified atom stereocenters.